The molecule has 0 saturated carbocycles. The topological polar surface area (TPSA) is 262 Å². The fourth-order valence-corrected chi connectivity index (χ4v) is 12.6. The van der Waals surface area contributed by atoms with Crippen molar-refractivity contribution < 1.29 is 36.6 Å². The van der Waals surface area contributed by atoms with Crippen LogP contribution in [0, 0.1) is 0 Å². The number of nitrogens with zero attached hydrogens (tertiary/aromatic N) is 6. The first-order valence-electron chi connectivity index (χ1n) is 21.7. The lowest BCUT2D eigenvalue weighted by molar-refractivity contribution is -0.138. The summed E-state index contributed by atoms with van der Waals surface area (Å²) in [6.45, 7) is -3.06. The number of aromatic nitrogens is 4. The largest absolute Gasteiger partial charge is 0.480 e. The summed E-state index contributed by atoms with van der Waals surface area (Å²) < 4.78 is 63.4. The second kappa shape index (κ2) is 17.2. The first-order valence-corrected chi connectivity index (χ1v) is 24.6. The van der Waals surface area contributed by atoms with E-state index < -0.39 is 68.0 Å². The molecule has 1 aliphatic rings. The third-order valence-corrected chi connectivity index (χ3v) is 15.9. The number of carboxylic acids is 2. The van der Waals surface area contributed by atoms with Crippen LogP contribution in [0.15, 0.2) is 175 Å². The van der Waals surface area contributed by atoms with Crippen molar-refractivity contribution in [2.75, 3.05) is 13.1 Å². The normalized spacial score (nSPS) is 12.8. The van der Waals surface area contributed by atoms with Gasteiger partial charge in [0.1, 0.15) is 68.1 Å². The summed E-state index contributed by atoms with van der Waals surface area (Å²) in [6.07, 6.45) is 0. The number of carboxylic acid groups (broad SMARTS) is 2. The number of benzene rings is 6. The highest BCUT2D eigenvalue weighted by Crippen LogP contribution is 2.43. The summed E-state index contributed by atoms with van der Waals surface area (Å²) in [5.74, 6) is -2.15. The van der Waals surface area contributed by atoms with E-state index in [-0.39, 0.29) is 27.9 Å². The van der Waals surface area contributed by atoms with Crippen LogP contribution in [0.1, 0.15) is 11.1 Å². The molecule has 0 unspecified atom stereocenters. The molecule has 0 radical (unpaired) electrons. The van der Waals surface area contributed by atoms with E-state index in [0.717, 1.165) is 16.8 Å². The molecule has 0 atom stereocenters. The van der Waals surface area contributed by atoms with Crippen molar-refractivity contribution in [2.45, 2.75) is 22.9 Å². The maximum Gasteiger partial charge on any atom is 0.318 e. The van der Waals surface area contributed by atoms with Crippen LogP contribution in [0.25, 0.3) is 43.1 Å². The van der Waals surface area contributed by atoms with E-state index in [0.29, 0.717) is 69.4 Å². The molecule has 0 spiro atoms. The van der Waals surface area contributed by atoms with Gasteiger partial charge in [-0.1, -0.05) is 133 Å². The van der Waals surface area contributed by atoms with E-state index in [9.17, 15) is 19.8 Å². The van der Waals surface area contributed by atoms with Gasteiger partial charge in [-0.25, -0.2) is 36.8 Å². The minimum absolute atomic E-state index is 0.0488. The Morgan fingerprint density at radius 2 is 0.771 bits per heavy atom. The molecule has 18 nitrogen and oxygen atoms in total. The van der Waals surface area contributed by atoms with Gasteiger partial charge in [0, 0.05) is 56.2 Å². The minimum Gasteiger partial charge on any atom is -0.480 e. The zero-order valence-corrected chi connectivity index (χ0v) is 38.2. The lowest BCUT2D eigenvalue weighted by atomic mass is 10.2. The van der Waals surface area contributed by atoms with Gasteiger partial charge in [0.15, 0.2) is 0 Å². The zero-order chi connectivity index (χ0) is 48.3. The quantitative estimate of drug-likeness (QED) is 0.0810. The van der Waals surface area contributed by atoms with Crippen LogP contribution in [0.2, 0.25) is 0 Å². The molecule has 4 aromatic heterocycles. The predicted octanol–water partition coefficient (Wildman–Crippen LogP) is 6.28. The number of H-pyrrole nitrogens is 4. The highest BCUT2D eigenvalue weighted by molar-refractivity contribution is 7.92. The number of hydrogen-bond acceptors (Lipinski definition) is 10. The summed E-state index contributed by atoms with van der Waals surface area (Å²) >= 11 is 0. The molecule has 20 heteroatoms. The van der Waals surface area contributed by atoms with E-state index >= 15 is 16.8 Å². The average Bonchev–Trinajstić information content (AvgIpc) is 4.09. The molecule has 0 fully saturated rings. The van der Waals surface area contributed by atoms with E-state index in [4.69, 9.17) is 20.0 Å². The molecule has 1 aliphatic heterocycles. The molecule has 0 amide bonds. The van der Waals surface area contributed by atoms with Gasteiger partial charge in [-0.2, -0.15) is 8.61 Å². The molecule has 0 aliphatic carbocycles. The molecule has 10 aromatic rings. The smallest absolute Gasteiger partial charge is 0.318 e. The predicted molar refractivity (Wildman–Crippen MR) is 260 cm³/mol. The van der Waals surface area contributed by atoms with Gasteiger partial charge in [0.05, 0.1) is 0 Å². The minimum atomic E-state index is -5.24. The molecule has 11 rings (SSSR count). The van der Waals surface area contributed by atoms with E-state index in [1.807, 2.05) is 60.7 Å². The summed E-state index contributed by atoms with van der Waals surface area (Å²) in [4.78, 5) is 56.9. The average molecular weight is 971 g/mol. The number of rotatable bonds is 12. The molecule has 70 heavy (non-hydrogen) atoms. The van der Waals surface area contributed by atoms with Crippen molar-refractivity contribution in [3.8, 4) is 0 Å². The second-order valence-electron chi connectivity index (χ2n) is 16.5. The summed E-state index contributed by atoms with van der Waals surface area (Å²) in [6, 6.07) is 41.3. The van der Waals surface area contributed by atoms with Crippen molar-refractivity contribution in [1.29, 1.82) is 0 Å². The summed E-state index contributed by atoms with van der Waals surface area (Å²) in [5.41, 5.74) is 2.15. The van der Waals surface area contributed by atoms with Crippen molar-refractivity contribution in [2.24, 2.45) is 20.0 Å². The van der Waals surface area contributed by atoms with E-state index in [2.05, 4.69) is 19.9 Å². The van der Waals surface area contributed by atoms with Crippen molar-refractivity contribution in [1.82, 2.24) is 28.5 Å². The number of carbonyl (C=O) groups is 2. The fourth-order valence-electron chi connectivity index (χ4n) is 8.87. The zero-order valence-electron chi connectivity index (χ0n) is 36.5. The molecule has 348 valence electrons. The Balaban J connectivity index is 1.29. The Hall–Kier alpha value is -8.56. The number of nitrogens with one attached hydrogen (secondary N) is 4. The first kappa shape index (κ1) is 44.0. The van der Waals surface area contributed by atoms with Crippen LogP contribution in [-0.4, -0.2) is 80.6 Å². The Bertz CT molecular complexity index is 4260. The Morgan fingerprint density at radius 3 is 1.20 bits per heavy atom. The van der Waals surface area contributed by atoms with Gasteiger partial charge in [-0.15, -0.1) is 0 Å². The van der Waals surface area contributed by atoms with Gasteiger partial charge >= 0.3 is 11.9 Å². The standard InChI is InChI=1S/C50H38N10O8S2/c61-39(62)27-59(25-29-13-3-1-4-14-29)69(65,66)38-24-23-37-41(42(38)70(67,68)60(28-40(63)64)26-30-15-5-2-6-16-30)50-57-48-36-22-12-11-21-35(36)46(55-48)53-44-32-18-8-7-17-31(32)43(51-44)52-45-33-19-9-10-20-34(33)47(54-45)56-49(37)58-50/h1-24H,25-28H2,(H,61,62)(H,63,64)(H4,51,52,53,54,55,56,57,58). The van der Waals surface area contributed by atoms with Crippen molar-refractivity contribution in [3.05, 3.63) is 179 Å². The van der Waals surface area contributed by atoms with Crippen LogP contribution in [0.3, 0.4) is 0 Å². The molecule has 6 N–H and O–H groups in total. The maximum absolute atomic E-state index is 15.8. The first-order chi connectivity index (χ1) is 33.8. The SMILES string of the molecule is O=C(O)CN(Cc1ccccc1)S(=O)(=O)c1ccc2c3[nH]c(c2c1S(=O)(=O)N(CC(=O)O)Cc1ccccc1)N=c1[nH]c(c2ccccc12)=Nc1[nH]c(c2ccccc12)N=c1[nH]c(c2ccccc12)=N3. The lowest BCUT2D eigenvalue weighted by Gasteiger charge is -2.25. The third-order valence-electron chi connectivity index (χ3n) is 12.0. The number of aliphatic carboxylic acids is 2. The molecule has 0 saturated heterocycles. The highest BCUT2D eigenvalue weighted by atomic mass is 32.2. The number of sulfonamides is 2. The molecular weight excluding hydrogens is 933 g/mol. The second-order valence-corrected chi connectivity index (χ2v) is 20.3. The van der Waals surface area contributed by atoms with Crippen molar-refractivity contribution in [3.63, 3.8) is 0 Å². The molecule has 8 bridgehead atoms. The fraction of sp³-hybridized carbons (Fsp3) is 0.0800. The van der Waals surface area contributed by atoms with Crippen LogP contribution in [0.5, 0.6) is 0 Å². The number of hydrogen-bond donors (Lipinski definition) is 6. The van der Waals surface area contributed by atoms with Crippen molar-refractivity contribution >= 4 is 98.3 Å². The van der Waals surface area contributed by atoms with Gasteiger partial charge in [-0.3, -0.25) is 9.59 Å². The Labute approximate surface area is 396 Å². The van der Waals surface area contributed by atoms with E-state index in [1.54, 1.807) is 72.8 Å². The molecule has 5 heterocycles. The Kier molecular flexibility index (Phi) is 10.8. The maximum atomic E-state index is 15.8. The lowest BCUT2D eigenvalue weighted by Crippen LogP contribution is -2.38. The van der Waals surface area contributed by atoms with E-state index in [1.165, 1.54) is 6.07 Å². The molecule has 6 aromatic carbocycles. The van der Waals surface area contributed by atoms with Crippen LogP contribution >= 0.6 is 0 Å². The van der Waals surface area contributed by atoms with Crippen LogP contribution in [0.4, 0.5) is 23.3 Å². The van der Waals surface area contributed by atoms with Gasteiger partial charge in [0.2, 0.25) is 20.0 Å². The monoisotopic (exact) mass is 970 g/mol. The van der Waals surface area contributed by atoms with Crippen LogP contribution < -0.4 is 22.0 Å². The van der Waals surface area contributed by atoms with Gasteiger partial charge < -0.3 is 30.1 Å². The molecular formula is C50H38N10O8S2. The summed E-state index contributed by atoms with van der Waals surface area (Å²) in [7, 11) is -10.3. The Morgan fingerprint density at radius 1 is 0.414 bits per heavy atom. The third kappa shape index (κ3) is 7.79. The summed E-state index contributed by atoms with van der Waals surface area (Å²) in [5, 5.41) is 24.3. The highest BCUT2D eigenvalue weighted by Gasteiger charge is 2.39. The number of fused-ring (bicyclic) bond motifs is 20. The van der Waals surface area contributed by atoms with Gasteiger partial charge in [0.25, 0.3) is 0 Å². The van der Waals surface area contributed by atoms with Gasteiger partial charge in [-0.05, 0) is 23.3 Å². The van der Waals surface area contributed by atoms with Crippen LogP contribution in [-0.2, 0) is 42.7 Å². The number of aromatic amines is 4.